The number of hydrogen-bond acceptors (Lipinski definition) is 5. The van der Waals surface area contributed by atoms with Crippen LogP contribution in [0.3, 0.4) is 0 Å². The predicted octanol–water partition coefficient (Wildman–Crippen LogP) is 5.19. The summed E-state index contributed by atoms with van der Waals surface area (Å²) in [5, 5.41) is 2.70. The Labute approximate surface area is 236 Å². The second-order valence-electron chi connectivity index (χ2n) is 10.8. The fourth-order valence-corrected chi connectivity index (χ4v) is 6.81. The Morgan fingerprint density at radius 3 is 1.78 bits per heavy atom. The van der Waals surface area contributed by atoms with Crippen molar-refractivity contribution in [2.24, 2.45) is 11.8 Å². The van der Waals surface area contributed by atoms with Gasteiger partial charge >= 0.3 is 5.97 Å². The summed E-state index contributed by atoms with van der Waals surface area (Å²) < 4.78 is 5.19. The quantitative estimate of drug-likeness (QED) is 0.277. The van der Waals surface area contributed by atoms with Gasteiger partial charge < -0.3 is 10.1 Å². The Balaban J connectivity index is 1.09. The minimum absolute atomic E-state index is 0.181. The van der Waals surface area contributed by atoms with Crippen LogP contribution in [0.4, 0.5) is 11.4 Å². The van der Waals surface area contributed by atoms with Crippen molar-refractivity contribution in [1.82, 2.24) is 0 Å². The van der Waals surface area contributed by atoms with Gasteiger partial charge in [-0.1, -0.05) is 60.7 Å². The summed E-state index contributed by atoms with van der Waals surface area (Å²) in [4.78, 5) is 53.9. The van der Waals surface area contributed by atoms with Gasteiger partial charge in [0.2, 0.25) is 11.8 Å². The molecule has 1 N–H and O–H groups in total. The molecule has 0 saturated carbocycles. The van der Waals surface area contributed by atoms with E-state index in [0.717, 1.165) is 27.8 Å². The van der Waals surface area contributed by atoms with Gasteiger partial charge in [-0.05, 0) is 71.1 Å². The molecule has 0 spiro atoms. The van der Waals surface area contributed by atoms with Crippen LogP contribution in [0, 0.1) is 18.8 Å². The highest BCUT2D eigenvalue weighted by molar-refractivity contribution is 6.23. The van der Waals surface area contributed by atoms with E-state index >= 15 is 0 Å². The molecule has 202 valence electrons. The topological polar surface area (TPSA) is 92.8 Å². The van der Waals surface area contributed by atoms with Crippen LogP contribution in [0.15, 0.2) is 97.1 Å². The maximum Gasteiger partial charge on any atom is 0.338 e. The molecule has 4 aromatic carbocycles. The molecule has 1 aliphatic heterocycles. The normalized spacial score (nSPS) is 21.6. The van der Waals surface area contributed by atoms with Gasteiger partial charge in [0, 0.05) is 17.5 Å². The third-order valence-electron chi connectivity index (χ3n) is 8.45. The number of amides is 3. The summed E-state index contributed by atoms with van der Waals surface area (Å²) in [5.41, 5.74) is 6.71. The Bertz CT molecular complexity index is 1630. The van der Waals surface area contributed by atoms with Crippen LogP contribution in [0.5, 0.6) is 0 Å². The third kappa shape index (κ3) is 3.96. The van der Waals surface area contributed by atoms with E-state index in [9.17, 15) is 19.2 Å². The fraction of sp³-hybridized carbons (Fsp3) is 0.176. The van der Waals surface area contributed by atoms with Crippen LogP contribution in [-0.2, 0) is 19.1 Å². The molecule has 7 nitrogen and oxygen atoms in total. The Morgan fingerprint density at radius 2 is 1.27 bits per heavy atom. The van der Waals surface area contributed by atoms with Crippen molar-refractivity contribution in [3.8, 4) is 0 Å². The van der Waals surface area contributed by atoms with Crippen molar-refractivity contribution >= 4 is 35.1 Å². The summed E-state index contributed by atoms with van der Waals surface area (Å²) in [7, 11) is 0. The first-order chi connectivity index (χ1) is 19.9. The van der Waals surface area contributed by atoms with E-state index in [1.165, 1.54) is 17.0 Å². The third-order valence-corrected chi connectivity index (χ3v) is 8.45. The first kappa shape index (κ1) is 25.0. The van der Waals surface area contributed by atoms with Crippen molar-refractivity contribution < 1.29 is 23.9 Å². The lowest BCUT2D eigenvalue weighted by Gasteiger charge is -2.45. The lowest BCUT2D eigenvalue weighted by atomic mass is 9.55. The van der Waals surface area contributed by atoms with Gasteiger partial charge in [0.25, 0.3) is 5.91 Å². The minimum Gasteiger partial charge on any atom is -0.452 e. The number of nitrogens with one attached hydrogen (secondary N) is 1. The van der Waals surface area contributed by atoms with Gasteiger partial charge in [-0.2, -0.15) is 0 Å². The molecule has 3 amide bonds. The van der Waals surface area contributed by atoms with Crippen LogP contribution >= 0.6 is 0 Å². The molecular formula is C34H26N2O5. The molecule has 3 aliphatic carbocycles. The number of benzene rings is 4. The highest BCUT2D eigenvalue weighted by Gasteiger charge is 2.61. The van der Waals surface area contributed by atoms with Crippen LogP contribution in [0.1, 0.15) is 50.0 Å². The summed E-state index contributed by atoms with van der Waals surface area (Å²) in [6.45, 7) is 1.48. The number of carbonyl (C=O) groups excluding carboxylic acids is 4. The number of esters is 1. The molecule has 0 aromatic heterocycles. The molecule has 0 radical (unpaired) electrons. The second-order valence-corrected chi connectivity index (χ2v) is 10.8. The van der Waals surface area contributed by atoms with Crippen LogP contribution in [-0.4, -0.2) is 30.3 Å². The Hall–Kier alpha value is -5.04. The Morgan fingerprint density at radius 1 is 0.732 bits per heavy atom. The number of aryl methyl sites for hydroxylation is 1. The van der Waals surface area contributed by atoms with Gasteiger partial charge in [-0.15, -0.1) is 0 Å². The smallest absolute Gasteiger partial charge is 0.338 e. The largest absolute Gasteiger partial charge is 0.452 e. The van der Waals surface area contributed by atoms with Crippen LogP contribution in [0.2, 0.25) is 0 Å². The predicted molar refractivity (Wildman–Crippen MR) is 153 cm³/mol. The number of carbonyl (C=O) groups is 4. The molecule has 1 heterocycles. The molecular weight excluding hydrogens is 516 g/mol. The van der Waals surface area contributed by atoms with E-state index in [1.54, 1.807) is 18.2 Å². The maximum absolute atomic E-state index is 13.9. The summed E-state index contributed by atoms with van der Waals surface area (Å²) in [6.07, 6.45) is 0. The van der Waals surface area contributed by atoms with Crippen molar-refractivity contribution in [3.63, 3.8) is 0 Å². The molecule has 4 aliphatic rings. The first-order valence-electron chi connectivity index (χ1n) is 13.6. The highest BCUT2D eigenvalue weighted by Crippen LogP contribution is 2.61. The van der Waals surface area contributed by atoms with Crippen LogP contribution < -0.4 is 10.2 Å². The average molecular weight is 543 g/mol. The highest BCUT2D eigenvalue weighted by atomic mass is 16.5. The molecule has 1 fully saturated rings. The van der Waals surface area contributed by atoms with Gasteiger partial charge in [-0.3, -0.25) is 14.4 Å². The maximum atomic E-state index is 13.9. The van der Waals surface area contributed by atoms with E-state index in [-0.39, 0.29) is 29.2 Å². The first-order valence-corrected chi connectivity index (χ1v) is 13.6. The Kier molecular flexibility index (Phi) is 5.82. The zero-order valence-corrected chi connectivity index (χ0v) is 22.2. The molecule has 8 rings (SSSR count). The average Bonchev–Trinajstić information content (AvgIpc) is 3.26. The lowest BCUT2D eigenvalue weighted by Crippen LogP contribution is -2.41. The van der Waals surface area contributed by atoms with E-state index in [1.807, 2.05) is 49.4 Å². The van der Waals surface area contributed by atoms with E-state index in [0.29, 0.717) is 11.4 Å². The van der Waals surface area contributed by atoms with Gasteiger partial charge in [0.1, 0.15) is 0 Å². The molecule has 2 atom stereocenters. The number of nitrogens with zero attached hydrogens (tertiary/aromatic N) is 1. The van der Waals surface area contributed by atoms with Crippen molar-refractivity contribution in [2.75, 3.05) is 16.8 Å². The number of anilines is 2. The molecule has 4 aromatic rings. The summed E-state index contributed by atoms with van der Waals surface area (Å²) in [5.74, 6) is -2.88. The molecule has 41 heavy (non-hydrogen) atoms. The lowest BCUT2D eigenvalue weighted by molar-refractivity contribution is -0.122. The van der Waals surface area contributed by atoms with Gasteiger partial charge in [0.05, 0.1) is 23.1 Å². The van der Waals surface area contributed by atoms with Crippen LogP contribution in [0.25, 0.3) is 0 Å². The number of ether oxygens (including phenoxy) is 1. The molecule has 2 bridgehead atoms. The zero-order chi connectivity index (χ0) is 28.2. The molecule has 7 heteroatoms. The standard InChI is InChI=1S/C34H26N2O5/c1-19-7-6-8-21(17-19)35-27(37)18-41-34(40)20-13-15-22(16-14-20)36-32(38)30-28-23-9-2-3-10-24(23)29(31(30)33(36)39)26-12-5-4-11-25(26)28/h2-17,28-31H,18H2,1H3,(H,35,37)/t28?,29?,30-,31+. The van der Waals surface area contributed by atoms with E-state index in [4.69, 9.17) is 4.74 Å². The summed E-state index contributed by atoms with van der Waals surface area (Å²) >= 11 is 0. The van der Waals surface area contributed by atoms with Gasteiger partial charge in [-0.25, -0.2) is 9.69 Å². The SMILES string of the molecule is Cc1cccc(NC(=O)COC(=O)c2ccc(N3C(=O)[C@@H]4C5c6ccccc6C(c6ccccc65)[C@@H]4C3=O)cc2)c1. The van der Waals surface area contributed by atoms with Crippen molar-refractivity contribution in [3.05, 3.63) is 130 Å². The summed E-state index contributed by atoms with van der Waals surface area (Å²) in [6, 6.07) is 29.7. The van der Waals surface area contributed by atoms with Crippen molar-refractivity contribution in [2.45, 2.75) is 18.8 Å². The number of rotatable bonds is 5. The number of hydrogen-bond donors (Lipinski definition) is 1. The van der Waals surface area contributed by atoms with E-state index in [2.05, 4.69) is 29.6 Å². The second kappa shape index (κ2) is 9.55. The molecule has 0 unspecified atom stereocenters. The van der Waals surface area contributed by atoms with Gasteiger partial charge in [0.15, 0.2) is 6.61 Å². The van der Waals surface area contributed by atoms with E-state index < -0.39 is 30.3 Å². The minimum atomic E-state index is -0.673. The van der Waals surface area contributed by atoms with Crippen molar-refractivity contribution in [1.29, 1.82) is 0 Å². The monoisotopic (exact) mass is 542 g/mol. The molecule has 1 saturated heterocycles. The number of imide groups is 1. The fourth-order valence-electron chi connectivity index (χ4n) is 6.81. The zero-order valence-electron chi connectivity index (χ0n) is 22.2.